The highest BCUT2D eigenvalue weighted by Gasteiger charge is 2.22. The molecule has 0 unspecified atom stereocenters. The topological polar surface area (TPSA) is 41.4 Å². The molecule has 1 aliphatic rings. The number of aryl methyl sites for hydroxylation is 1. The highest BCUT2D eigenvalue weighted by molar-refractivity contribution is 5.93. The number of piperazine rings is 1. The van der Waals surface area contributed by atoms with Crippen molar-refractivity contribution in [2.45, 2.75) is 6.42 Å². The van der Waals surface area contributed by atoms with Crippen molar-refractivity contribution in [2.24, 2.45) is 7.05 Å². The second-order valence-corrected chi connectivity index (χ2v) is 5.77. The van der Waals surface area contributed by atoms with Crippen molar-refractivity contribution >= 4 is 5.91 Å². The van der Waals surface area contributed by atoms with Gasteiger partial charge in [-0.25, -0.2) is 0 Å². The fraction of sp³-hybridized carbons (Fsp3) is 0.412. The molecule has 22 heavy (non-hydrogen) atoms. The van der Waals surface area contributed by atoms with Crippen LogP contribution in [0.4, 0.5) is 0 Å². The van der Waals surface area contributed by atoms with Crippen molar-refractivity contribution in [3.8, 4) is 0 Å². The predicted octanol–water partition coefficient (Wildman–Crippen LogP) is 1.42. The third-order valence-corrected chi connectivity index (χ3v) is 4.17. The van der Waals surface area contributed by atoms with Crippen LogP contribution in [-0.2, 0) is 13.5 Å². The lowest BCUT2D eigenvalue weighted by atomic mass is 10.1. The maximum Gasteiger partial charge on any atom is 0.257 e. The van der Waals surface area contributed by atoms with Crippen molar-refractivity contribution in [3.05, 3.63) is 53.9 Å². The summed E-state index contributed by atoms with van der Waals surface area (Å²) in [4.78, 5) is 16.7. The third kappa shape index (κ3) is 3.54. The summed E-state index contributed by atoms with van der Waals surface area (Å²) in [6.07, 6.45) is 4.49. The van der Waals surface area contributed by atoms with Gasteiger partial charge in [-0.2, -0.15) is 5.10 Å². The number of hydrogen-bond acceptors (Lipinski definition) is 3. The number of amides is 1. The smallest absolute Gasteiger partial charge is 0.257 e. The number of nitrogens with zero attached hydrogens (tertiary/aromatic N) is 4. The number of carbonyl (C=O) groups is 1. The molecule has 116 valence electrons. The van der Waals surface area contributed by atoms with Crippen LogP contribution in [0.3, 0.4) is 0 Å². The van der Waals surface area contributed by atoms with Gasteiger partial charge in [0.15, 0.2) is 0 Å². The van der Waals surface area contributed by atoms with Crippen LogP contribution in [0.15, 0.2) is 42.7 Å². The molecular weight excluding hydrogens is 276 g/mol. The Morgan fingerprint density at radius 3 is 2.50 bits per heavy atom. The van der Waals surface area contributed by atoms with Gasteiger partial charge in [-0.05, 0) is 12.0 Å². The highest BCUT2D eigenvalue weighted by Crippen LogP contribution is 2.09. The van der Waals surface area contributed by atoms with Crippen LogP contribution < -0.4 is 0 Å². The van der Waals surface area contributed by atoms with Gasteiger partial charge in [-0.1, -0.05) is 30.3 Å². The fourth-order valence-electron chi connectivity index (χ4n) is 2.82. The van der Waals surface area contributed by atoms with Gasteiger partial charge in [0.1, 0.15) is 0 Å². The van der Waals surface area contributed by atoms with Crippen LogP contribution in [-0.4, -0.2) is 58.2 Å². The lowest BCUT2D eigenvalue weighted by molar-refractivity contribution is 0.0638. The molecule has 0 spiro atoms. The van der Waals surface area contributed by atoms with Gasteiger partial charge in [-0.15, -0.1) is 0 Å². The first-order valence-electron chi connectivity index (χ1n) is 7.76. The Morgan fingerprint density at radius 1 is 1.14 bits per heavy atom. The number of carbonyl (C=O) groups excluding carboxylic acids is 1. The average Bonchev–Trinajstić information content (AvgIpc) is 3.00. The lowest BCUT2D eigenvalue weighted by Gasteiger charge is -2.34. The molecule has 0 saturated carbocycles. The summed E-state index contributed by atoms with van der Waals surface area (Å²) in [5.74, 6) is 0.0933. The normalized spacial score (nSPS) is 16.0. The summed E-state index contributed by atoms with van der Waals surface area (Å²) in [6, 6.07) is 10.6. The van der Waals surface area contributed by atoms with E-state index in [1.807, 2.05) is 18.0 Å². The fourth-order valence-corrected chi connectivity index (χ4v) is 2.82. The minimum Gasteiger partial charge on any atom is -0.336 e. The minimum absolute atomic E-state index is 0.0933. The summed E-state index contributed by atoms with van der Waals surface area (Å²) in [6.45, 7) is 4.53. The minimum atomic E-state index is 0.0933. The van der Waals surface area contributed by atoms with E-state index in [1.54, 1.807) is 17.1 Å². The molecule has 0 radical (unpaired) electrons. The largest absolute Gasteiger partial charge is 0.336 e. The zero-order valence-corrected chi connectivity index (χ0v) is 13.0. The summed E-state index contributed by atoms with van der Waals surface area (Å²) in [7, 11) is 1.83. The van der Waals surface area contributed by atoms with E-state index in [1.165, 1.54) is 5.56 Å². The van der Waals surface area contributed by atoms with E-state index in [0.29, 0.717) is 5.56 Å². The van der Waals surface area contributed by atoms with E-state index in [9.17, 15) is 4.79 Å². The molecule has 5 heteroatoms. The molecule has 0 bridgehead atoms. The van der Waals surface area contributed by atoms with Gasteiger partial charge in [0.2, 0.25) is 0 Å². The van der Waals surface area contributed by atoms with E-state index in [4.69, 9.17) is 0 Å². The average molecular weight is 298 g/mol. The van der Waals surface area contributed by atoms with Crippen molar-refractivity contribution < 1.29 is 4.79 Å². The Kier molecular flexibility index (Phi) is 4.53. The third-order valence-electron chi connectivity index (χ3n) is 4.17. The van der Waals surface area contributed by atoms with E-state index in [0.717, 1.165) is 39.1 Å². The number of hydrogen-bond donors (Lipinski definition) is 0. The number of benzene rings is 1. The molecule has 0 N–H and O–H groups in total. The van der Waals surface area contributed by atoms with Gasteiger partial charge in [-0.3, -0.25) is 14.4 Å². The molecule has 1 aromatic heterocycles. The van der Waals surface area contributed by atoms with Gasteiger partial charge in [0, 0.05) is 46.0 Å². The van der Waals surface area contributed by atoms with Crippen molar-refractivity contribution in [1.29, 1.82) is 0 Å². The van der Waals surface area contributed by atoms with Crippen molar-refractivity contribution in [3.63, 3.8) is 0 Å². The molecule has 3 rings (SSSR count). The van der Waals surface area contributed by atoms with E-state index < -0.39 is 0 Å². The Balaban J connectivity index is 1.47. The van der Waals surface area contributed by atoms with Crippen LogP contribution in [0.25, 0.3) is 0 Å². The van der Waals surface area contributed by atoms with Gasteiger partial charge >= 0.3 is 0 Å². The molecule has 1 aliphatic heterocycles. The highest BCUT2D eigenvalue weighted by atomic mass is 16.2. The van der Waals surface area contributed by atoms with Crippen LogP contribution in [0, 0.1) is 0 Å². The quantitative estimate of drug-likeness (QED) is 0.857. The number of rotatable bonds is 4. The first-order chi connectivity index (χ1) is 10.7. The molecule has 2 aromatic rings. The Labute approximate surface area is 131 Å². The molecule has 0 aliphatic carbocycles. The SMILES string of the molecule is Cn1cc(C(=O)N2CCN(CCc3ccccc3)CC2)cn1. The zero-order valence-electron chi connectivity index (χ0n) is 13.0. The zero-order chi connectivity index (χ0) is 15.4. The van der Waals surface area contributed by atoms with E-state index in [2.05, 4.69) is 34.3 Å². The lowest BCUT2D eigenvalue weighted by Crippen LogP contribution is -2.49. The molecule has 1 fully saturated rings. The van der Waals surface area contributed by atoms with Crippen LogP contribution in [0.2, 0.25) is 0 Å². The monoisotopic (exact) mass is 298 g/mol. The molecular formula is C17H22N4O. The molecule has 1 aromatic carbocycles. The van der Waals surface area contributed by atoms with Crippen molar-refractivity contribution in [2.75, 3.05) is 32.7 Å². The molecule has 5 nitrogen and oxygen atoms in total. The summed E-state index contributed by atoms with van der Waals surface area (Å²) in [5.41, 5.74) is 2.05. The van der Waals surface area contributed by atoms with Gasteiger partial charge in [0.05, 0.1) is 11.8 Å². The predicted molar refractivity (Wildman–Crippen MR) is 85.7 cm³/mol. The van der Waals surface area contributed by atoms with Crippen molar-refractivity contribution in [1.82, 2.24) is 19.6 Å². The first-order valence-corrected chi connectivity index (χ1v) is 7.76. The Hall–Kier alpha value is -2.14. The number of aromatic nitrogens is 2. The maximum absolute atomic E-state index is 12.4. The van der Waals surface area contributed by atoms with Gasteiger partial charge in [0.25, 0.3) is 5.91 Å². The van der Waals surface area contributed by atoms with Gasteiger partial charge < -0.3 is 4.90 Å². The second-order valence-electron chi connectivity index (χ2n) is 5.77. The van der Waals surface area contributed by atoms with E-state index >= 15 is 0 Å². The van der Waals surface area contributed by atoms with E-state index in [-0.39, 0.29) is 5.91 Å². The summed E-state index contributed by atoms with van der Waals surface area (Å²) in [5, 5.41) is 4.07. The Bertz CT molecular complexity index is 615. The second kappa shape index (κ2) is 6.75. The van der Waals surface area contributed by atoms with Crippen LogP contribution >= 0.6 is 0 Å². The molecule has 2 heterocycles. The molecule has 1 saturated heterocycles. The Morgan fingerprint density at radius 2 is 1.86 bits per heavy atom. The van der Waals surface area contributed by atoms with Crippen LogP contribution in [0.1, 0.15) is 15.9 Å². The summed E-state index contributed by atoms with van der Waals surface area (Å²) >= 11 is 0. The maximum atomic E-state index is 12.4. The molecule has 0 atom stereocenters. The van der Waals surface area contributed by atoms with Crippen LogP contribution in [0.5, 0.6) is 0 Å². The first kappa shape index (κ1) is 14.8. The summed E-state index contributed by atoms with van der Waals surface area (Å²) < 4.78 is 1.67. The molecule has 1 amide bonds. The standard InChI is InChI=1S/C17H22N4O/c1-19-14-16(13-18-19)17(22)21-11-9-20(10-12-21)8-7-15-5-3-2-4-6-15/h2-6,13-14H,7-12H2,1H3.